The molecular formula is C16H33N3O3S. The van der Waals surface area contributed by atoms with E-state index in [4.69, 9.17) is 4.74 Å². The molecule has 6 nitrogen and oxygen atoms in total. The third-order valence-corrected chi connectivity index (χ3v) is 5.87. The standard InChI is InChI=1S/C16H33N3O3S/c1-13(2)14-10-18(11-15(14)17-23(5,20)21)12-16(3,4)19-6-8-22-9-7-19/h13-15,17H,6-12H2,1-5H3/t14-,15+/m0/s1. The monoisotopic (exact) mass is 347 g/mol. The van der Waals surface area contributed by atoms with Crippen molar-refractivity contribution in [3.8, 4) is 0 Å². The number of nitrogens with one attached hydrogen (secondary N) is 1. The lowest BCUT2D eigenvalue weighted by atomic mass is 9.92. The molecule has 0 unspecified atom stereocenters. The van der Waals surface area contributed by atoms with Gasteiger partial charge < -0.3 is 4.74 Å². The first-order valence-corrected chi connectivity index (χ1v) is 10.5. The van der Waals surface area contributed by atoms with E-state index < -0.39 is 10.0 Å². The largest absolute Gasteiger partial charge is 0.379 e. The van der Waals surface area contributed by atoms with E-state index >= 15 is 0 Å². The first-order valence-electron chi connectivity index (χ1n) is 8.61. The van der Waals surface area contributed by atoms with Gasteiger partial charge in [0.1, 0.15) is 0 Å². The van der Waals surface area contributed by atoms with E-state index in [-0.39, 0.29) is 11.6 Å². The highest BCUT2D eigenvalue weighted by molar-refractivity contribution is 7.88. The normalized spacial score (nSPS) is 28.6. The van der Waals surface area contributed by atoms with Gasteiger partial charge in [0.25, 0.3) is 0 Å². The van der Waals surface area contributed by atoms with Crippen LogP contribution in [0.1, 0.15) is 27.7 Å². The van der Waals surface area contributed by atoms with Crippen LogP contribution in [0.5, 0.6) is 0 Å². The van der Waals surface area contributed by atoms with Crippen LogP contribution in [0.2, 0.25) is 0 Å². The van der Waals surface area contributed by atoms with Gasteiger partial charge in [-0.15, -0.1) is 0 Å². The SMILES string of the molecule is CC(C)[C@@H]1CN(CC(C)(C)N2CCOCC2)C[C@H]1NS(C)(=O)=O. The van der Waals surface area contributed by atoms with Crippen molar-refractivity contribution < 1.29 is 13.2 Å². The number of hydrogen-bond acceptors (Lipinski definition) is 5. The van der Waals surface area contributed by atoms with Crippen LogP contribution in [0.25, 0.3) is 0 Å². The molecule has 0 aliphatic carbocycles. The summed E-state index contributed by atoms with van der Waals surface area (Å²) >= 11 is 0. The maximum atomic E-state index is 11.6. The molecular weight excluding hydrogens is 314 g/mol. The molecule has 0 amide bonds. The van der Waals surface area contributed by atoms with E-state index in [0.29, 0.717) is 11.8 Å². The lowest BCUT2D eigenvalue weighted by Crippen LogP contribution is -2.55. The van der Waals surface area contributed by atoms with Gasteiger partial charge in [0.2, 0.25) is 10.0 Å². The van der Waals surface area contributed by atoms with Crippen LogP contribution in [-0.2, 0) is 14.8 Å². The highest BCUT2D eigenvalue weighted by atomic mass is 32.2. The second kappa shape index (κ2) is 7.35. The Morgan fingerprint density at radius 1 is 1.22 bits per heavy atom. The quantitative estimate of drug-likeness (QED) is 0.762. The summed E-state index contributed by atoms with van der Waals surface area (Å²) in [7, 11) is -3.17. The first-order chi connectivity index (χ1) is 10.6. The molecule has 0 spiro atoms. The van der Waals surface area contributed by atoms with Crippen LogP contribution < -0.4 is 4.72 Å². The molecule has 2 heterocycles. The van der Waals surface area contributed by atoms with Crippen molar-refractivity contribution in [3.05, 3.63) is 0 Å². The Balaban J connectivity index is 2.00. The van der Waals surface area contributed by atoms with Crippen molar-refractivity contribution in [2.24, 2.45) is 11.8 Å². The van der Waals surface area contributed by atoms with Gasteiger partial charge in [0, 0.05) is 44.3 Å². The molecule has 2 fully saturated rings. The Morgan fingerprint density at radius 3 is 2.35 bits per heavy atom. The molecule has 0 radical (unpaired) electrons. The number of sulfonamides is 1. The van der Waals surface area contributed by atoms with Crippen LogP contribution >= 0.6 is 0 Å². The fraction of sp³-hybridized carbons (Fsp3) is 1.00. The van der Waals surface area contributed by atoms with E-state index in [1.54, 1.807) is 0 Å². The van der Waals surface area contributed by atoms with Crippen LogP contribution in [0, 0.1) is 11.8 Å². The van der Waals surface area contributed by atoms with Crippen molar-refractivity contribution in [1.29, 1.82) is 0 Å². The van der Waals surface area contributed by atoms with Crippen LogP contribution in [0.4, 0.5) is 0 Å². The summed E-state index contributed by atoms with van der Waals surface area (Å²) in [4.78, 5) is 4.90. The molecule has 2 saturated heterocycles. The Bertz CT molecular complexity index is 487. The Morgan fingerprint density at radius 2 is 1.83 bits per heavy atom. The molecule has 2 aliphatic heterocycles. The third-order valence-electron chi connectivity index (χ3n) is 5.14. The first kappa shape index (κ1) is 19.1. The van der Waals surface area contributed by atoms with Crippen molar-refractivity contribution >= 4 is 10.0 Å². The van der Waals surface area contributed by atoms with E-state index in [1.165, 1.54) is 6.26 Å². The lowest BCUT2D eigenvalue weighted by molar-refractivity contribution is -0.0200. The fourth-order valence-electron chi connectivity index (χ4n) is 3.93. The number of ether oxygens (including phenoxy) is 1. The van der Waals surface area contributed by atoms with E-state index in [1.807, 2.05) is 0 Å². The molecule has 0 aromatic carbocycles. The molecule has 2 rings (SSSR count). The number of morpholine rings is 1. The lowest BCUT2D eigenvalue weighted by Gasteiger charge is -2.43. The Hall–Kier alpha value is -0.210. The van der Waals surface area contributed by atoms with E-state index in [0.717, 1.165) is 45.9 Å². The third kappa shape index (κ3) is 5.39. The average Bonchev–Trinajstić information content (AvgIpc) is 2.79. The number of likely N-dealkylation sites (tertiary alicyclic amines) is 1. The second-order valence-electron chi connectivity index (χ2n) is 8.01. The molecule has 1 N–H and O–H groups in total. The topological polar surface area (TPSA) is 61.9 Å². The Kier molecular flexibility index (Phi) is 6.11. The van der Waals surface area contributed by atoms with E-state index in [9.17, 15) is 8.42 Å². The fourth-order valence-corrected chi connectivity index (χ4v) is 4.73. The van der Waals surface area contributed by atoms with Gasteiger partial charge in [-0.25, -0.2) is 13.1 Å². The van der Waals surface area contributed by atoms with Gasteiger partial charge >= 0.3 is 0 Å². The summed E-state index contributed by atoms with van der Waals surface area (Å²) in [6.45, 7) is 15.2. The summed E-state index contributed by atoms with van der Waals surface area (Å²) < 4.78 is 31.6. The summed E-state index contributed by atoms with van der Waals surface area (Å²) in [6.07, 6.45) is 1.25. The van der Waals surface area contributed by atoms with Crippen molar-refractivity contribution in [2.75, 3.05) is 52.2 Å². The zero-order valence-corrected chi connectivity index (χ0v) is 16.0. The van der Waals surface area contributed by atoms with Crippen molar-refractivity contribution in [2.45, 2.75) is 39.3 Å². The van der Waals surface area contributed by atoms with Gasteiger partial charge in [-0.1, -0.05) is 13.8 Å². The predicted molar refractivity (Wildman–Crippen MR) is 93.0 cm³/mol. The highest BCUT2D eigenvalue weighted by Crippen LogP contribution is 2.27. The zero-order valence-electron chi connectivity index (χ0n) is 15.2. The zero-order chi connectivity index (χ0) is 17.3. The van der Waals surface area contributed by atoms with Crippen LogP contribution in [0.3, 0.4) is 0 Å². The molecule has 2 atom stereocenters. The molecule has 23 heavy (non-hydrogen) atoms. The molecule has 7 heteroatoms. The number of nitrogens with zero attached hydrogens (tertiary/aromatic N) is 2. The molecule has 0 bridgehead atoms. The van der Waals surface area contributed by atoms with E-state index in [2.05, 4.69) is 42.2 Å². The Labute approximate surface area is 141 Å². The molecule has 2 aliphatic rings. The second-order valence-corrected chi connectivity index (χ2v) is 9.79. The summed E-state index contributed by atoms with van der Waals surface area (Å²) in [5, 5.41) is 0. The minimum absolute atomic E-state index is 0.0190. The minimum Gasteiger partial charge on any atom is -0.379 e. The summed E-state index contributed by atoms with van der Waals surface area (Å²) in [6, 6.07) is 0.0190. The van der Waals surface area contributed by atoms with Crippen molar-refractivity contribution in [3.63, 3.8) is 0 Å². The summed E-state index contributed by atoms with van der Waals surface area (Å²) in [5.41, 5.74) is 0.0747. The van der Waals surface area contributed by atoms with Gasteiger partial charge in [-0.2, -0.15) is 0 Å². The average molecular weight is 348 g/mol. The van der Waals surface area contributed by atoms with Crippen LogP contribution in [0.15, 0.2) is 0 Å². The molecule has 0 aromatic heterocycles. The van der Waals surface area contributed by atoms with Gasteiger partial charge in [-0.05, 0) is 25.7 Å². The molecule has 0 aromatic rings. The number of hydrogen-bond donors (Lipinski definition) is 1. The van der Waals surface area contributed by atoms with Gasteiger partial charge in [0.15, 0.2) is 0 Å². The highest BCUT2D eigenvalue weighted by Gasteiger charge is 2.39. The summed E-state index contributed by atoms with van der Waals surface area (Å²) in [5.74, 6) is 0.830. The molecule has 0 saturated carbocycles. The smallest absolute Gasteiger partial charge is 0.209 e. The minimum atomic E-state index is -3.17. The predicted octanol–water partition coefficient (Wildman–Crippen LogP) is 0.603. The molecule has 136 valence electrons. The van der Waals surface area contributed by atoms with Gasteiger partial charge in [-0.3, -0.25) is 9.80 Å². The maximum absolute atomic E-state index is 11.6. The van der Waals surface area contributed by atoms with Crippen LogP contribution in [-0.4, -0.2) is 82.0 Å². The maximum Gasteiger partial charge on any atom is 0.209 e. The van der Waals surface area contributed by atoms with Gasteiger partial charge in [0.05, 0.1) is 19.5 Å². The number of rotatable bonds is 6. The van der Waals surface area contributed by atoms with Crippen molar-refractivity contribution in [1.82, 2.24) is 14.5 Å².